The topological polar surface area (TPSA) is 36.9 Å². The van der Waals surface area contributed by atoms with Gasteiger partial charge in [0.15, 0.2) is 17.9 Å². The van der Waals surface area contributed by atoms with Gasteiger partial charge in [0.05, 0.1) is 18.2 Å². The van der Waals surface area contributed by atoms with E-state index in [2.05, 4.69) is 9.47 Å². The van der Waals surface area contributed by atoms with E-state index in [1.165, 1.54) is 0 Å². The summed E-state index contributed by atoms with van der Waals surface area (Å²) in [5.41, 5.74) is -1.44. The minimum Gasteiger partial charge on any atom is -0.429 e. The van der Waals surface area contributed by atoms with Crippen LogP contribution in [0.25, 0.3) is 0 Å². The van der Waals surface area contributed by atoms with Crippen LogP contribution >= 0.6 is 11.6 Å². The SMILES string of the molecule is CC1COC(c2cc(F)c(C(F)(F)Oc3cc(F)c(OC(F)=C(F)F)c(F)c3)c(Cl)c2)OC1. The quantitative estimate of drug-likeness (QED) is 0.314. The molecule has 180 valence electrons. The van der Waals surface area contributed by atoms with Gasteiger partial charge in [-0.1, -0.05) is 18.5 Å². The largest absolute Gasteiger partial charge is 0.431 e. The van der Waals surface area contributed by atoms with Crippen LogP contribution in [0.2, 0.25) is 5.02 Å². The van der Waals surface area contributed by atoms with E-state index in [0.29, 0.717) is 6.07 Å². The highest BCUT2D eigenvalue weighted by Crippen LogP contribution is 2.41. The Morgan fingerprint density at radius 1 is 0.970 bits per heavy atom. The zero-order valence-electron chi connectivity index (χ0n) is 16.4. The minimum absolute atomic E-state index is 0.0118. The van der Waals surface area contributed by atoms with Crippen molar-refractivity contribution in [3.63, 3.8) is 0 Å². The fourth-order valence-corrected chi connectivity index (χ4v) is 3.15. The molecule has 1 heterocycles. The number of rotatable bonds is 6. The number of hydrogen-bond donors (Lipinski definition) is 0. The normalized spacial score (nSPS) is 18.7. The highest BCUT2D eigenvalue weighted by atomic mass is 35.5. The number of benzene rings is 2. The summed E-state index contributed by atoms with van der Waals surface area (Å²) in [5, 5.41) is -0.799. The van der Waals surface area contributed by atoms with Crippen LogP contribution in [-0.4, -0.2) is 13.2 Å². The van der Waals surface area contributed by atoms with Crippen molar-refractivity contribution in [3.8, 4) is 11.5 Å². The molecule has 0 aliphatic carbocycles. The Hall–Kier alpha value is -2.57. The number of ether oxygens (including phenoxy) is 4. The van der Waals surface area contributed by atoms with Crippen LogP contribution in [0.3, 0.4) is 0 Å². The van der Waals surface area contributed by atoms with Crippen LogP contribution in [0.1, 0.15) is 24.3 Å². The van der Waals surface area contributed by atoms with E-state index in [0.717, 1.165) is 6.07 Å². The van der Waals surface area contributed by atoms with Crippen LogP contribution in [0, 0.1) is 23.4 Å². The third-order valence-corrected chi connectivity index (χ3v) is 4.55. The highest BCUT2D eigenvalue weighted by Gasteiger charge is 2.41. The second-order valence-electron chi connectivity index (χ2n) is 6.93. The Labute approximate surface area is 186 Å². The third-order valence-electron chi connectivity index (χ3n) is 4.25. The molecule has 2 aromatic rings. The fourth-order valence-electron chi connectivity index (χ4n) is 2.82. The van der Waals surface area contributed by atoms with Gasteiger partial charge in [-0.25, -0.2) is 13.2 Å². The molecule has 1 aliphatic rings. The van der Waals surface area contributed by atoms with Gasteiger partial charge >= 0.3 is 18.2 Å². The van der Waals surface area contributed by atoms with Crippen molar-refractivity contribution in [1.82, 2.24) is 0 Å². The maximum atomic E-state index is 14.6. The Balaban J connectivity index is 1.86. The lowest BCUT2D eigenvalue weighted by atomic mass is 10.1. The van der Waals surface area contributed by atoms with Gasteiger partial charge in [0.25, 0.3) is 0 Å². The molecule has 1 fully saturated rings. The van der Waals surface area contributed by atoms with Gasteiger partial charge in [-0.2, -0.15) is 22.0 Å². The summed E-state index contributed by atoms with van der Waals surface area (Å²) in [6.07, 6.45) is -8.59. The molecule has 0 radical (unpaired) electrons. The van der Waals surface area contributed by atoms with E-state index < -0.39 is 64.0 Å². The molecule has 0 saturated carbocycles. The predicted molar refractivity (Wildman–Crippen MR) is 97.1 cm³/mol. The van der Waals surface area contributed by atoms with E-state index in [-0.39, 0.29) is 36.8 Å². The molecule has 0 N–H and O–H groups in total. The average molecular weight is 505 g/mol. The Bertz CT molecular complexity index is 1020. The zero-order valence-corrected chi connectivity index (χ0v) is 17.2. The van der Waals surface area contributed by atoms with Crippen LogP contribution < -0.4 is 9.47 Å². The van der Waals surface area contributed by atoms with Crippen molar-refractivity contribution in [3.05, 3.63) is 70.0 Å². The van der Waals surface area contributed by atoms with Gasteiger partial charge in [0.2, 0.25) is 5.75 Å². The molecule has 0 spiro atoms. The van der Waals surface area contributed by atoms with E-state index in [9.17, 15) is 35.1 Å². The van der Waals surface area contributed by atoms with Crippen LogP contribution in [0.15, 0.2) is 36.4 Å². The first-order valence-corrected chi connectivity index (χ1v) is 9.44. The lowest BCUT2D eigenvalue weighted by Crippen LogP contribution is -2.27. The summed E-state index contributed by atoms with van der Waals surface area (Å²) in [5.74, 6) is -7.98. The summed E-state index contributed by atoms with van der Waals surface area (Å²) in [6, 6.07) is -0.767. The third kappa shape index (κ3) is 5.68. The molecule has 33 heavy (non-hydrogen) atoms. The molecule has 0 unspecified atom stereocenters. The van der Waals surface area contributed by atoms with Gasteiger partial charge in [-0.05, 0) is 12.1 Å². The van der Waals surface area contributed by atoms with Crippen LogP contribution in [0.4, 0.5) is 35.1 Å². The van der Waals surface area contributed by atoms with Crippen LogP contribution in [0.5, 0.6) is 11.5 Å². The smallest absolute Gasteiger partial charge is 0.429 e. The van der Waals surface area contributed by atoms with Gasteiger partial charge in [0.1, 0.15) is 17.1 Å². The van der Waals surface area contributed by atoms with Gasteiger partial charge in [-0.3, -0.25) is 0 Å². The number of alkyl halides is 2. The average Bonchev–Trinajstić information content (AvgIpc) is 2.69. The predicted octanol–water partition coefficient (Wildman–Crippen LogP) is 6.98. The van der Waals surface area contributed by atoms with Crippen molar-refractivity contribution in [2.75, 3.05) is 13.2 Å². The van der Waals surface area contributed by atoms with E-state index in [1.807, 2.05) is 6.92 Å². The molecule has 3 rings (SSSR count). The second kappa shape index (κ2) is 9.74. The van der Waals surface area contributed by atoms with Crippen LogP contribution in [-0.2, 0) is 15.6 Å². The Kier molecular flexibility index (Phi) is 7.39. The molecule has 2 aromatic carbocycles. The number of halogens is 9. The fraction of sp³-hybridized carbons (Fsp3) is 0.300. The lowest BCUT2D eigenvalue weighted by molar-refractivity contribution is -0.202. The van der Waals surface area contributed by atoms with Gasteiger partial charge < -0.3 is 18.9 Å². The monoisotopic (exact) mass is 504 g/mol. The summed E-state index contributed by atoms with van der Waals surface area (Å²) >= 11 is 5.81. The first-order valence-electron chi connectivity index (χ1n) is 9.06. The van der Waals surface area contributed by atoms with Crippen molar-refractivity contribution in [2.24, 2.45) is 5.92 Å². The van der Waals surface area contributed by atoms with Gasteiger partial charge in [0, 0.05) is 23.6 Å². The standard InChI is InChI=1S/C20H13ClF8O4/c1-8-6-30-19(31-7-8)9-2-11(21)15(12(22)3-9)20(28,29)33-10-4-13(23)16(14(24)5-10)32-18(27)17(25)26/h2-5,8,19H,6-7H2,1H3. The van der Waals surface area contributed by atoms with Crippen molar-refractivity contribution in [2.45, 2.75) is 19.3 Å². The maximum absolute atomic E-state index is 14.6. The molecule has 13 heteroatoms. The molecule has 1 saturated heterocycles. The van der Waals surface area contributed by atoms with E-state index in [4.69, 9.17) is 21.1 Å². The summed E-state index contributed by atoms with van der Waals surface area (Å²) < 4.78 is 127. The van der Waals surface area contributed by atoms with E-state index in [1.54, 1.807) is 0 Å². The maximum Gasteiger partial charge on any atom is 0.431 e. The molecular formula is C20H13ClF8O4. The molecule has 1 aliphatic heterocycles. The second-order valence-corrected chi connectivity index (χ2v) is 7.34. The van der Waals surface area contributed by atoms with E-state index >= 15 is 0 Å². The summed E-state index contributed by atoms with van der Waals surface area (Å²) in [6.45, 7) is 2.39. The molecule has 4 nitrogen and oxygen atoms in total. The molecule has 0 amide bonds. The van der Waals surface area contributed by atoms with Gasteiger partial charge in [-0.15, -0.1) is 0 Å². The first-order chi connectivity index (χ1) is 15.4. The van der Waals surface area contributed by atoms with Crippen molar-refractivity contribution >= 4 is 11.6 Å². The summed E-state index contributed by atoms with van der Waals surface area (Å²) in [7, 11) is 0. The summed E-state index contributed by atoms with van der Waals surface area (Å²) in [4.78, 5) is 0. The number of hydrogen-bond acceptors (Lipinski definition) is 4. The minimum atomic E-state index is -4.54. The molecule has 0 atom stereocenters. The Morgan fingerprint density at radius 2 is 1.55 bits per heavy atom. The molecule has 0 bridgehead atoms. The lowest BCUT2D eigenvalue weighted by Gasteiger charge is -2.28. The molecule has 0 aromatic heterocycles. The zero-order chi connectivity index (χ0) is 24.5. The Morgan fingerprint density at radius 3 is 2.06 bits per heavy atom. The van der Waals surface area contributed by atoms with Crippen molar-refractivity contribution < 1.29 is 54.1 Å². The highest BCUT2D eigenvalue weighted by molar-refractivity contribution is 6.31. The molecular weight excluding hydrogens is 492 g/mol. The van der Waals surface area contributed by atoms with Crippen molar-refractivity contribution in [1.29, 1.82) is 0 Å². The first kappa shape index (κ1) is 25.1.